The van der Waals surface area contributed by atoms with Crippen LogP contribution in [0.1, 0.15) is 22.8 Å². The molecule has 1 atom stereocenters. The zero-order valence-corrected chi connectivity index (χ0v) is 11.3. The van der Waals surface area contributed by atoms with Gasteiger partial charge >= 0.3 is 0 Å². The van der Waals surface area contributed by atoms with Crippen LogP contribution < -0.4 is 5.73 Å². The number of anilines is 1. The van der Waals surface area contributed by atoms with Gasteiger partial charge in [-0.2, -0.15) is 0 Å². The van der Waals surface area contributed by atoms with Gasteiger partial charge in [0.05, 0.1) is 4.47 Å². The van der Waals surface area contributed by atoms with Gasteiger partial charge in [-0.1, -0.05) is 6.07 Å². The second-order valence-electron chi connectivity index (χ2n) is 4.00. The molecule has 0 bridgehead atoms. The summed E-state index contributed by atoms with van der Waals surface area (Å²) >= 11 is 3.09. The van der Waals surface area contributed by atoms with Gasteiger partial charge in [0, 0.05) is 11.8 Å². The Morgan fingerprint density at radius 3 is 2.72 bits per heavy atom. The normalized spacial score (nSPS) is 12.4. The van der Waals surface area contributed by atoms with Crippen LogP contribution in [0.15, 0.2) is 34.9 Å². The lowest BCUT2D eigenvalue weighted by Crippen LogP contribution is -2.07. The number of hydrogen-bond acceptors (Lipinski definition) is 3. The summed E-state index contributed by atoms with van der Waals surface area (Å²) in [6.45, 7) is 1.84. The molecule has 0 amide bonds. The maximum absolute atomic E-state index is 13.2. The fraction of sp³-hybridized carbons (Fsp3) is 0.154. The van der Waals surface area contributed by atoms with Crippen molar-refractivity contribution >= 4 is 21.7 Å². The second-order valence-corrected chi connectivity index (χ2v) is 4.86. The van der Waals surface area contributed by atoms with E-state index < -0.39 is 6.10 Å². The Balaban J connectivity index is 2.48. The van der Waals surface area contributed by atoms with Gasteiger partial charge < -0.3 is 10.8 Å². The number of aryl methyl sites for hydroxylation is 1. The minimum absolute atomic E-state index is 0.281. The molecule has 18 heavy (non-hydrogen) atoms. The number of aliphatic hydroxyl groups is 1. The molecule has 3 N–H and O–H groups in total. The summed E-state index contributed by atoms with van der Waals surface area (Å²) in [5.74, 6) is -0.0928. The van der Waals surface area contributed by atoms with Crippen LogP contribution in [-0.4, -0.2) is 10.1 Å². The van der Waals surface area contributed by atoms with Crippen LogP contribution in [0.3, 0.4) is 0 Å². The van der Waals surface area contributed by atoms with Gasteiger partial charge in [0.15, 0.2) is 0 Å². The molecule has 0 radical (unpaired) electrons. The fourth-order valence-corrected chi connectivity index (χ4v) is 2.19. The molecule has 0 aliphatic heterocycles. The molecule has 0 aliphatic rings. The Hall–Kier alpha value is -1.46. The summed E-state index contributed by atoms with van der Waals surface area (Å²) in [6.07, 6.45) is 0.664. The number of nitrogens with two attached hydrogens (primary N) is 1. The maximum Gasteiger partial charge on any atom is 0.137 e. The van der Waals surface area contributed by atoms with E-state index >= 15 is 0 Å². The predicted octanol–water partition coefficient (Wildman–Crippen LogP) is 2.96. The summed E-state index contributed by atoms with van der Waals surface area (Å²) in [5.41, 5.74) is 7.73. The van der Waals surface area contributed by atoms with E-state index in [0.29, 0.717) is 15.6 Å². The van der Waals surface area contributed by atoms with Gasteiger partial charge in [-0.15, -0.1) is 0 Å². The highest BCUT2D eigenvalue weighted by molar-refractivity contribution is 9.10. The number of pyridine rings is 1. The molecule has 2 aromatic rings. The molecule has 3 nitrogen and oxygen atoms in total. The molecule has 0 saturated carbocycles. The highest BCUT2D eigenvalue weighted by Gasteiger charge is 2.17. The summed E-state index contributed by atoms with van der Waals surface area (Å²) in [7, 11) is 0. The molecule has 0 aliphatic carbocycles. The first kappa shape index (κ1) is 13.0. The highest BCUT2D eigenvalue weighted by Crippen LogP contribution is 2.30. The number of nitrogen functional groups attached to an aromatic ring is 1. The van der Waals surface area contributed by atoms with Crippen molar-refractivity contribution in [2.24, 2.45) is 0 Å². The number of hydrogen-bond donors (Lipinski definition) is 2. The van der Waals surface area contributed by atoms with Crippen LogP contribution in [0.4, 0.5) is 10.2 Å². The number of aliphatic hydroxyl groups excluding tert-OH is 1. The minimum atomic E-state index is -0.921. The summed E-state index contributed by atoms with van der Waals surface area (Å²) < 4.78 is 13.5. The van der Waals surface area contributed by atoms with E-state index in [1.54, 1.807) is 12.3 Å². The molecule has 1 heterocycles. The van der Waals surface area contributed by atoms with E-state index in [9.17, 15) is 9.50 Å². The Kier molecular flexibility index (Phi) is 3.63. The predicted molar refractivity (Wildman–Crippen MR) is 71.5 cm³/mol. The third-order valence-electron chi connectivity index (χ3n) is 2.77. The number of nitrogens with zero attached hydrogens (tertiary/aromatic N) is 1. The molecule has 1 aromatic carbocycles. The van der Waals surface area contributed by atoms with Gasteiger partial charge in [0.25, 0.3) is 0 Å². The first-order chi connectivity index (χ1) is 8.50. The van der Waals surface area contributed by atoms with Gasteiger partial charge in [0.1, 0.15) is 17.7 Å². The van der Waals surface area contributed by atoms with E-state index in [4.69, 9.17) is 5.73 Å². The van der Waals surface area contributed by atoms with Crippen molar-refractivity contribution < 1.29 is 9.50 Å². The van der Waals surface area contributed by atoms with Crippen molar-refractivity contribution in [3.8, 4) is 0 Å². The van der Waals surface area contributed by atoms with Crippen molar-refractivity contribution in [1.82, 2.24) is 4.98 Å². The van der Waals surface area contributed by atoms with Crippen LogP contribution in [0.2, 0.25) is 0 Å². The molecule has 5 heteroatoms. The summed E-state index contributed by atoms with van der Waals surface area (Å²) in [6, 6.07) is 6.13. The molecule has 2 rings (SSSR count). The van der Waals surface area contributed by atoms with Gasteiger partial charge in [-0.3, -0.25) is 0 Å². The lowest BCUT2D eigenvalue weighted by molar-refractivity contribution is 0.220. The molecular weight excluding hydrogens is 299 g/mol. The van der Waals surface area contributed by atoms with E-state index in [1.807, 2.05) is 6.92 Å². The lowest BCUT2D eigenvalue weighted by Gasteiger charge is -2.16. The fourth-order valence-electron chi connectivity index (χ4n) is 1.80. The van der Waals surface area contributed by atoms with Gasteiger partial charge in [-0.25, -0.2) is 9.37 Å². The third kappa shape index (κ3) is 2.37. The standard InChI is InChI=1S/C13H12BrFN2O/c1-7-4-5-17-13(16)11(7)12(18)8-2-3-10(15)9(14)6-8/h2-6,12,18H,1H3,(H2,16,17). The van der Waals surface area contributed by atoms with E-state index in [1.165, 1.54) is 18.2 Å². The van der Waals surface area contributed by atoms with Crippen LogP contribution in [0, 0.1) is 12.7 Å². The van der Waals surface area contributed by atoms with Crippen LogP contribution in [0.25, 0.3) is 0 Å². The first-order valence-corrected chi connectivity index (χ1v) is 6.14. The van der Waals surface area contributed by atoms with Crippen molar-refractivity contribution in [3.63, 3.8) is 0 Å². The zero-order chi connectivity index (χ0) is 13.3. The van der Waals surface area contributed by atoms with Crippen LogP contribution in [-0.2, 0) is 0 Å². The lowest BCUT2D eigenvalue weighted by atomic mass is 9.98. The van der Waals surface area contributed by atoms with Crippen molar-refractivity contribution in [2.75, 3.05) is 5.73 Å². The Morgan fingerprint density at radius 2 is 2.11 bits per heavy atom. The number of halogens is 2. The molecule has 0 saturated heterocycles. The molecule has 1 unspecified atom stereocenters. The quantitative estimate of drug-likeness (QED) is 0.896. The molecule has 1 aromatic heterocycles. The topological polar surface area (TPSA) is 59.1 Å². The highest BCUT2D eigenvalue weighted by atomic mass is 79.9. The zero-order valence-electron chi connectivity index (χ0n) is 9.69. The van der Waals surface area contributed by atoms with Crippen molar-refractivity contribution in [2.45, 2.75) is 13.0 Å². The minimum Gasteiger partial charge on any atom is -0.384 e. The molecule has 94 valence electrons. The van der Waals surface area contributed by atoms with Gasteiger partial charge in [-0.05, 0) is 52.2 Å². The van der Waals surface area contributed by atoms with E-state index in [2.05, 4.69) is 20.9 Å². The molecule has 0 fully saturated rings. The Morgan fingerprint density at radius 1 is 1.39 bits per heavy atom. The average Bonchev–Trinajstić information content (AvgIpc) is 2.32. The van der Waals surface area contributed by atoms with E-state index in [-0.39, 0.29) is 11.6 Å². The SMILES string of the molecule is Cc1ccnc(N)c1C(O)c1ccc(F)c(Br)c1. The summed E-state index contributed by atoms with van der Waals surface area (Å²) in [5, 5.41) is 10.3. The van der Waals surface area contributed by atoms with Crippen molar-refractivity contribution in [1.29, 1.82) is 0 Å². The second kappa shape index (κ2) is 5.04. The number of aromatic nitrogens is 1. The van der Waals surface area contributed by atoms with Crippen LogP contribution in [0.5, 0.6) is 0 Å². The Labute approximate surface area is 113 Å². The van der Waals surface area contributed by atoms with Crippen molar-refractivity contribution in [3.05, 3.63) is 57.4 Å². The third-order valence-corrected chi connectivity index (χ3v) is 3.38. The smallest absolute Gasteiger partial charge is 0.137 e. The molecular formula is C13H12BrFN2O. The largest absolute Gasteiger partial charge is 0.384 e. The van der Waals surface area contributed by atoms with E-state index in [0.717, 1.165) is 5.56 Å². The van der Waals surface area contributed by atoms with Crippen LogP contribution >= 0.6 is 15.9 Å². The number of benzene rings is 1. The average molecular weight is 311 g/mol. The summed E-state index contributed by atoms with van der Waals surface area (Å²) in [4.78, 5) is 3.96. The van der Waals surface area contributed by atoms with Gasteiger partial charge in [0.2, 0.25) is 0 Å². The number of rotatable bonds is 2. The maximum atomic E-state index is 13.2. The Bertz CT molecular complexity index is 569. The monoisotopic (exact) mass is 310 g/mol. The first-order valence-electron chi connectivity index (χ1n) is 5.34. The molecule has 0 spiro atoms.